The van der Waals surface area contributed by atoms with E-state index in [1.165, 1.54) is 0 Å². The molecule has 0 saturated carbocycles. The summed E-state index contributed by atoms with van der Waals surface area (Å²) in [5.74, 6) is 0.317. The number of hydrogen-bond donors (Lipinski definition) is 3. The second kappa shape index (κ2) is 8.05. The molecule has 5 N–H and O–H groups in total. The van der Waals surface area contributed by atoms with Crippen LogP contribution in [0.2, 0.25) is 0 Å². The summed E-state index contributed by atoms with van der Waals surface area (Å²) < 4.78 is 23.1. The van der Waals surface area contributed by atoms with Crippen molar-refractivity contribution >= 4 is 30.7 Å². The lowest BCUT2D eigenvalue weighted by Gasteiger charge is -2.17. The number of hydrazone groups is 1. The zero-order valence-electron chi connectivity index (χ0n) is 13.6. The normalized spacial score (nSPS) is 14.3. The van der Waals surface area contributed by atoms with Crippen LogP contribution >= 0.6 is 7.60 Å². The van der Waals surface area contributed by atoms with Crippen LogP contribution in [0.5, 0.6) is 0 Å². The van der Waals surface area contributed by atoms with E-state index >= 15 is 0 Å². The van der Waals surface area contributed by atoms with E-state index in [0.717, 1.165) is 5.56 Å². The molecular weight excluding hydrogens is 331 g/mol. The molecule has 9 nitrogen and oxygen atoms in total. The third-order valence-corrected chi connectivity index (χ3v) is 5.08. The Balaban J connectivity index is 2.03. The molecule has 1 aromatic carbocycles. The number of benzene rings is 1. The van der Waals surface area contributed by atoms with Crippen LogP contribution in [0.1, 0.15) is 19.4 Å². The van der Waals surface area contributed by atoms with Gasteiger partial charge in [0.2, 0.25) is 0 Å². The molecule has 2 rings (SSSR count). The highest BCUT2D eigenvalue weighted by Gasteiger charge is 2.23. The zero-order chi connectivity index (χ0) is 17.6. The molecule has 0 radical (unpaired) electrons. The molecular formula is C14H21N6O3P. The summed E-state index contributed by atoms with van der Waals surface area (Å²) in [6, 6.07) is 7.21. The summed E-state index contributed by atoms with van der Waals surface area (Å²) in [5, 5.41) is 11.3. The van der Waals surface area contributed by atoms with Gasteiger partial charge in [-0.05, 0) is 31.5 Å². The first-order chi connectivity index (χ1) is 11.5. The first-order valence-corrected chi connectivity index (χ1v) is 9.18. The lowest BCUT2D eigenvalue weighted by Crippen LogP contribution is -2.32. The van der Waals surface area contributed by atoms with Gasteiger partial charge in [0.15, 0.2) is 17.4 Å². The molecule has 0 amide bonds. The molecule has 1 aliphatic rings. The van der Waals surface area contributed by atoms with Gasteiger partial charge >= 0.3 is 7.60 Å². The Labute approximate surface area is 140 Å². The fourth-order valence-corrected chi connectivity index (χ4v) is 3.70. The third-order valence-electron chi connectivity index (χ3n) is 3.03. The average molecular weight is 352 g/mol. The first-order valence-electron chi connectivity index (χ1n) is 7.45. The summed E-state index contributed by atoms with van der Waals surface area (Å²) >= 11 is 0. The molecule has 0 aliphatic carbocycles. The van der Waals surface area contributed by atoms with Crippen LogP contribution in [0.4, 0.5) is 5.69 Å². The lowest BCUT2D eigenvalue weighted by molar-refractivity contribution is 0.219. The monoisotopic (exact) mass is 352 g/mol. The fourth-order valence-electron chi connectivity index (χ4n) is 2.00. The summed E-state index contributed by atoms with van der Waals surface area (Å²) in [5.41, 5.74) is 15.9. The van der Waals surface area contributed by atoms with Gasteiger partial charge in [-0.25, -0.2) is 0 Å². The van der Waals surface area contributed by atoms with Crippen LogP contribution in [0, 0.1) is 0 Å². The van der Waals surface area contributed by atoms with Crippen molar-refractivity contribution in [3.8, 4) is 0 Å². The van der Waals surface area contributed by atoms with E-state index in [4.69, 9.17) is 20.5 Å². The van der Waals surface area contributed by atoms with Crippen molar-refractivity contribution in [2.75, 3.05) is 18.6 Å². The van der Waals surface area contributed by atoms with Crippen LogP contribution in [0.25, 0.3) is 0 Å². The molecule has 0 spiro atoms. The second-order valence-corrected chi connectivity index (χ2v) is 6.90. The molecule has 0 fully saturated rings. The van der Waals surface area contributed by atoms with E-state index in [0.29, 0.717) is 24.6 Å². The Morgan fingerprint density at radius 1 is 1.08 bits per heavy atom. The van der Waals surface area contributed by atoms with E-state index < -0.39 is 7.60 Å². The molecule has 130 valence electrons. The van der Waals surface area contributed by atoms with E-state index in [-0.39, 0.29) is 17.8 Å². The number of anilines is 1. The molecule has 10 heteroatoms. The van der Waals surface area contributed by atoms with Crippen molar-refractivity contribution in [2.45, 2.75) is 20.0 Å². The maximum absolute atomic E-state index is 12.5. The van der Waals surface area contributed by atoms with Crippen molar-refractivity contribution in [3.05, 3.63) is 29.8 Å². The van der Waals surface area contributed by atoms with Crippen LogP contribution in [0.3, 0.4) is 0 Å². The van der Waals surface area contributed by atoms with Gasteiger partial charge < -0.3 is 20.5 Å². The summed E-state index contributed by atoms with van der Waals surface area (Å²) in [6.45, 7) is 4.23. The van der Waals surface area contributed by atoms with Crippen molar-refractivity contribution in [2.24, 2.45) is 26.8 Å². The Kier molecular flexibility index (Phi) is 6.08. The smallest absolute Gasteiger partial charge is 0.335 e. The van der Waals surface area contributed by atoms with E-state index in [9.17, 15) is 4.57 Å². The first kappa shape index (κ1) is 18.1. The molecule has 0 bridgehead atoms. The molecule has 1 aromatic rings. The molecule has 0 aromatic heterocycles. The molecule has 24 heavy (non-hydrogen) atoms. The minimum absolute atomic E-state index is 0.158. The maximum Gasteiger partial charge on any atom is 0.335 e. The van der Waals surface area contributed by atoms with Gasteiger partial charge in [0.25, 0.3) is 0 Å². The van der Waals surface area contributed by atoms with E-state index in [1.54, 1.807) is 26.0 Å². The number of hydrogen-bond acceptors (Lipinski definition) is 9. The van der Waals surface area contributed by atoms with Gasteiger partial charge in [-0.15, -0.1) is 10.2 Å². The molecule has 0 atom stereocenters. The predicted molar refractivity (Wildman–Crippen MR) is 95.3 cm³/mol. The minimum Gasteiger partial charge on any atom is -0.380 e. The Hall–Kier alpha value is -2.22. The van der Waals surface area contributed by atoms with Gasteiger partial charge in [-0.1, -0.05) is 12.1 Å². The lowest BCUT2D eigenvalue weighted by atomic mass is 10.2. The van der Waals surface area contributed by atoms with Crippen LogP contribution in [0.15, 0.2) is 39.6 Å². The Bertz CT molecular complexity index is 684. The minimum atomic E-state index is -3.12. The standard InChI is InChI=1S/C14H21N6O3P/c1-3-22-24(21,23-4-2)9-10-5-7-11(8-6-10)17-18-12-13(15)19-20-14(12)16/h5-8,17H,3-4,9H2,1-2H3,(H4,15,16,18,19,20). The van der Waals surface area contributed by atoms with Crippen molar-refractivity contribution in [1.29, 1.82) is 0 Å². The highest BCUT2D eigenvalue weighted by atomic mass is 31.2. The topological polar surface area (TPSA) is 137 Å². The van der Waals surface area contributed by atoms with Crippen molar-refractivity contribution in [1.82, 2.24) is 0 Å². The number of amidine groups is 2. The molecule has 0 saturated heterocycles. The maximum atomic E-state index is 12.5. The molecule has 1 aliphatic heterocycles. The van der Waals surface area contributed by atoms with Crippen LogP contribution in [-0.4, -0.2) is 30.6 Å². The van der Waals surface area contributed by atoms with Gasteiger partial charge in [0.05, 0.1) is 25.1 Å². The van der Waals surface area contributed by atoms with Crippen LogP contribution in [-0.2, 0) is 19.8 Å². The van der Waals surface area contributed by atoms with Crippen molar-refractivity contribution < 1.29 is 13.6 Å². The number of nitrogens with zero attached hydrogens (tertiary/aromatic N) is 3. The largest absolute Gasteiger partial charge is 0.380 e. The quantitative estimate of drug-likeness (QED) is 0.482. The van der Waals surface area contributed by atoms with E-state index in [1.807, 2.05) is 12.1 Å². The van der Waals surface area contributed by atoms with Crippen molar-refractivity contribution in [3.63, 3.8) is 0 Å². The summed E-state index contributed by atoms with van der Waals surface area (Å²) in [4.78, 5) is 0. The highest BCUT2D eigenvalue weighted by molar-refractivity contribution is 7.53. The summed E-state index contributed by atoms with van der Waals surface area (Å²) in [7, 11) is -3.12. The fraction of sp³-hybridized carbons (Fsp3) is 0.357. The SMILES string of the molecule is CCOP(=O)(Cc1ccc(NN=C2C(N)=NN=C2N)cc1)OCC. The third kappa shape index (κ3) is 4.64. The second-order valence-electron chi connectivity index (χ2n) is 4.84. The Morgan fingerprint density at radius 3 is 2.12 bits per heavy atom. The number of nitrogens with two attached hydrogens (primary N) is 2. The predicted octanol–water partition coefficient (Wildman–Crippen LogP) is 1.86. The molecule has 0 unspecified atom stereocenters. The van der Waals surface area contributed by atoms with Gasteiger partial charge in [0.1, 0.15) is 0 Å². The van der Waals surface area contributed by atoms with E-state index in [2.05, 4.69) is 20.7 Å². The Morgan fingerprint density at radius 2 is 1.62 bits per heavy atom. The number of nitrogens with one attached hydrogen (secondary N) is 1. The average Bonchev–Trinajstić information content (AvgIpc) is 2.86. The van der Waals surface area contributed by atoms with Gasteiger partial charge in [-0.3, -0.25) is 9.99 Å². The zero-order valence-corrected chi connectivity index (χ0v) is 14.5. The van der Waals surface area contributed by atoms with Crippen LogP contribution < -0.4 is 16.9 Å². The van der Waals surface area contributed by atoms with Gasteiger partial charge in [-0.2, -0.15) is 5.10 Å². The molecule has 1 heterocycles. The highest BCUT2D eigenvalue weighted by Crippen LogP contribution is 2.51. The summed E-state index contributed by atoms with van der Waals surface area (Å²) in [6.07, 6.45) is 0.211. The van der Waals surface area contributed by atoms with Gasteiger partial charge in [0, 0.05) is 0 Å². The number of rotatable bonds is 8.